The van der Waals surface area contributed by atoms with E-state index in [2.05, 4.69) is 51.6 Å². The molecule has 1 unspecified atom stereocenters. The second kappa shape index (κ2) is 6.42. The minimum Gasteiger partial charge on any atom is -0.403 e. The second-order valence-corrected chi connectivity index (χ2v) is 11.8. The highest BCUT2D eigenvalue weighted by molar-refractivity contribution is 6.74. The Balaban J connectivity index is 4.90. The van der Waals surface area contributed by atoms with Gasteiger partial charge in [-0.25, -0.2) is 0 Å². The molecule has 0 rings (SSSR count). The smallest absolute Gasteiger partial charge is 0.193 e. The topological polar surface area (TPSA) is 26.3 Å². The molecule has 0 aromatic heterocycles. The average Bonchev–Trinajstić information content (AvgIpc) is 2.23. The first-order valence-electron chi connectivity index (χ1n) is 6.55. The zero-order chi connectivity index (χ0) is 15.3. The summed E-state index contributed by atoms with van der Waals surface area (Å²) in [6.07, 6.45) is 6.58. The minimum absolute atomic E-state index is 0.126. The number of terminal acetylenes is 1. The van der Waals surface area contributed by atoms with Gasteiger partial charge in [0.1, 0.15) is 6.10 Å². The van der Waals surface area contributed by atoms with Gasteiger partial charge in [-0.1, -0.05) is 32.6 Å². The molecule has 0 aliphatic heterocycles. The monoisotopic (exact) mass is 278 g/mol. The van der Waals surface area contributed by atoms with Crippen LogP contribution >= 0.6 is 0 Å². The van der Waals surface area contributed by atoms with E-state index >= 15 is 0 Å². The lowest BCUT2D eigenvalue weighted by Gasteiger charge is -2.39. The van der Waals surface area contributed by atoms with Crippen LogP contribution in [0.3, 0.4) is 0 Å². The highest BCUT2D eigenvalue weighted by Crippen LogP contribution is 2.38. The molecule has 0 spiro atoms. The maximum absolute atomic E-state index is 10.3. The molecule has 0 N–H and O–H groups in total. The first-order chi connectivity index (χ1) is 8.45. The molecule has 0 aromatic carbocycles. The number of carbonyl (C=O) groups is 1. The molecule has 0 heterocycles. The normalized spacial score (nSPS) is 14.0. The van der Waals surface area contributed by atoms with Gasteiger partial charge in [0.2, 0.25) is 0 Å². The summed E-state index contributed by atoms with van der Waals surface area (Å²) in [5.74, 6) is 8.11. The minimum atomic E-state index is -1.88. The Labute approximate surface area is 119 Å². The van der Waals surface area contributed by atoms with Gasteiger partial charge in [-0.15, -0.1) is 6.42 Å². The van der Waals surface area contributed by atoms with Crippen molar-refractivity contribution in [1.82, 2.24) is 0 Å². The van der Waals surface area contributed by atoms with Crippen molar-refractivity contribution in [3.05, 3.63) is 0 Å². The number of hydrogen-bond donors (Lipinski definition) is 0. The molecular weight excluding hydrogens is 252 g/mol. The molecule has 106 valence electrons. The second-order valence-electron chi connectivity index (χ2n) is 7.01. The van der Waals surface area contributed by atoms with Gasteiger partial charge in [0.15, 0.2) is 14.6 Å². The molecule has 3 heteroatoms. The van der Waals surface area contributed by atoms with Crippen LogP contribution in [-0.4, -0.2) is 20.7 Å². The van der Waals surface area contributed by atoms with Crippen LogP contribution in [0.2, 0.25) is 18.1 Å². The quantitative estimate of drug-likeness (QED) is 0.446. The van der Waals surface area contributed by atoms with Gasteiger partial charge in [0, 0.05) is 5.41 Å². The van der Waals surface area contributed by atoms with Gasteiger partial charge >= 0.3 is 0 Å². The number of hydrogen-bond acceptors (Lipinski definition) is 2. The predicted octanol–water partition coefficient (Wildman–Crippen LogP) is 3.63. The first kappa shape index (κ1) is 18.0. The van der Waals surface area contributed by atoms with Crippen LogP contribution in [0.1, 0.15) is 41.0 Å². The van der Waals surface area contributed by atoms with Crippen molar-refractivity contribution >= 4 is 14.6 Å². The largest absolute Gasteiger partial charge is 0.403 e. The molecule has 2 nitrogen and oxygen atoms in total. The molecule has 19 heavy (non-hydrogen) atoms. The summed E-state index contributed by atoms with van der Waals surface area (Å²) < 4.78 is 6.21. The maximum atomic E-state index is 10.3. The predicted molar refractivity (Wildman–Crippen MR) is 83.1 cm³/mol. The molecule has 1 atom stereocenters. The lowest BCUT2D eigenvalue weighted by Crippen LogP contribution is -2.44. The molecule has 0 saturated heterocycles. The van der Waals surface area contributed by atoms with E-state index in [9.17, 15) is 4.79 Å². The van der Waals surface area contributed by atoms with E-state index in [1.165, 1.54) is 0 Å². The lowest BCUT2D eigenvalue weighted by molar-refractivity contribution is -0.103. The third-order valence-corrected chi connectivity index (χ3v) is 8.08. The Bertz CT molecular complexity index is 411. The SMILES string of the molecule is C#CC(CC(C)(C)C#CC=O)O[Si](C)(C)C(C)(C)C. The molecule has 0 aromatic rings. The summed E-state index contributed by atoms with van der Waals surface area (Å²) >= 11 is 0. The highest BCUT2D eigenvalue weighted by atomic mass is 28.4. The zero-order valence-corrected chi connectivity index (χ0v) is 14.3. The average molecular weight is 278 g/mol. The molecule has 0 amide bonds. The van der Waals surface area contributed by atoms with E-state index in [1.54, 1.807) is 0 Å². The summed E-state index contributed by atoms with van der Waals surface area (Å²) in [7, 11) is -1.88. The van der Waals surface area contributed by atoms with Crippen LogP contribution in [-0.2, 0) is 9.22 Å². The summed E-state index contributed by atoms with van der Waals surface area (Å²) in [4.78, 5) is 10.3. The van der Waals surface area contributed by atoms with Gasteiger partial charge in [-0.05, 0) is 44.3 Å². The zero-order valence-electron chi connectivity index (χ0n) is 13.3. The van der Waals surface area contributed by atoms with Crippen LogP contribution in [0.25, 0.3) is 0 Å². The van der Waals surface area contributed by atoms with Crippen LogP contribution in [0.4, 0.5) is 0 Å². The lowest BCUT2D eigenvalue weighted by atomic mass is 9.87. The van der Waals surface area contributed by atoms with Gasteiger partial charge in [0.05, 0.1) is 0 Å². The maximum Gasteiger partial charge on any atom is 0.193 e. The Kier molecular flexibility index (Phi) is 6.07. The Morgan fingerprint density at radius 3 is 2.16 bits per heavy atom. The van der Waals surface area contributed by atoms with Crippen molar-refractivity contribution in [3.63, 3.8) is 0 Å². The fourth-order valence-electron chi connectivity index (χ4n) is 1.41. The number of carbonyl (C=O) groups excluding carboxylic acids is 1. The van der Waals surface area contributed by atoms with Crippen LogP contribution < -0.4 is 0 Å². The van der Waals surface area contributed by atoms with Crippen molar-refractivity contribution in [2.75, 3.05) is 0 Å². The Morgan fingerprint density at radius 1 is 1.26 bits per heavy atom. The Hall–Kier alpha value is -1.03. The molecule has 0 fully saturated rings. The van der Waals surface area contributed by atoms with E-state index < -0.39 is 8.32 Å². The van der Waals surface area contributed by atoms with Crippen LogP contribution in [0.15, 0.2) is 0 Å². The fourth-order valence-corrected chi connectivity index (χ4v) is 2.62. The van der Waals surface area contributed by atoms with Crippen LogP contribution in [0, 0.1) is 29.6 Å². The molecule has 0 saturated carbocycles. The Morgan fingerprint density at radius 2 is 1.79 bits per heavy atom. The summed E-state index contributed by atoms with van der Waals surface area (Å²) in [6.45, 7) is 14.9. The van der Waals surface area contributed by atoms with E-state index in [-0.39, 0.29) is 16.6 Å². The molecule has 0 radical (unpaired) electrons. The third-order valence-electron chi connectivity index (χ3n) is 3.59. The number of rotatable bonds is 4. The summed E-state index contributed by atoms with van der Waals surface area (Å²) in [6, 6.07) is 0. The number of aldehydes is 1. The third kappa shape index (κ3) is 6.10. The molecular formula is C16H26O2Si. The molecule has 0 aliphatic carbocycles. The highest BCUT2D eigenvalue weighted by Gasteiger charge is 2.39. The fraction of sp³-hybridized carbons (Fsp3) is 0.688. The van der Waals surface area contributed by atoms with Gasteiger partial charge in [-0.3, -0.25) is 4.79 Å². The van der Waals surface area contributed by atoms with Crippen molar-refractivity contribution in [2.45, 2.75) is 65.3 Å². The van der Waals surface area contributed by atoms with Gasteiger partial charge < -0.3 is 4.43 Å². The van der Waals surface area contributed by atoms with E-state index in [0.29, 0.717) is 12.7 Å². The van der Waals surface area contributed by atoms with Crippen LogP contribution in [0.5, 0.6) is 0 Å². The van der Waals surface area contributed by atoms with Crippen molar-refractivity contribution in [2.24, 2.45) is 5.41 Å². The van der Waals surface area contributed by atoms with Gasteiger partial charge in [0.25, 0.3) is 0 Å². The van der Waals surface area contributed by atoms with Crippen molar-refractivity contribution in [1.29, 1.82) is 0 Å². The van der Waals surface area contributed by atoms with Gasteiger partial charge in [-0.2, -0.15) is 0 Å². The van der Waals surface area contributed by atoms with E-state index in [0.717, 1.165) is 0 Å². The molecule has 0 bridgehead atoms. The summed E-state index contributed by atoms with van der Waals surface area (Å²) in [5, 5.41) is 0.126. The van der Waals surface area contributed by atoms with E-state index in [1.807, 2.05) is 13.8 Å². The van der Waals surface area contributed by atoms with E-state index in [4.69, 9.17) is 10.8 Å². The first-order valence-corrected chi connectivity index (χ1v) is 9.46. The standard InChI is InChI=1S/C16H26O2Si/c1-9-14(13-16(5,6)11-10-12-17)18-19(7,8)15(2,3)4/h1,12,14H,13H2,2-8H3. The van der Waals surface area contributed by atoms with Crippen molar-refractivity contribution < 1.29 is 9.22 Å². The van der Waals surface area contributed by atoms with Crippen molar-refractivity contribution in [3.8, 4) is 24.2 Å². The summed E-state index contributed by atoms with van der Waals surface area (Å²) in [5.41, 5.74) is -0.319. The molecule has 0 aliphatic rings.